The number of aliphatic hydroxyl groups excluding tert-OH is 1. The summed E-state index contributed by atoms with van der Waals surface area (Å²) in [4.78, 5) is 14.2. The van der Waals surface area contributed by atoms with Crippen molar-refractivity contribution in [3.05, 3.63) is 46.4 Å². The van der Waals surface area contributed by atoms with Crippen molar-refractivity contribution in [3.63, 3.8) is 0 Å². The van der Waals surface area contributed by atoms with Crippen molar-refractivity contribution in [3.8, 4) is 0 Å². The molecule has 2 rings (SSSR count). The summed E-state index contributed by atoms with van der Waals surface area (Å²) in [6.07, 6.45) is -0.646. The van der Waals surface area contributed by atoms with Crippen molar-refractivity contribution in [1.29, 1.82) is 0 Å². The Balaban J connectivity index is 2.79. The Morgan fingerprint density at radius 1 is 1.36 bits per heavy atom. The minimum absolute atomic E-state index is 0.154. The molecule has 0 bridgehead atoms. The van der Waals surface area contributed by atoms with Gasteiger partial charge in [-0.25, -0.2) is 0 Å². The minimum Gasteiger partial charge on any atom is -0.387 e. The summed E-state index contributed by atoms with van der Waals surface area (Å²) in [5, 5.41) is 10.8. The predicted octanol–water partition coefficient (Wildman–Crippen LogP) is 1.58. The van der Waals surface area contributed by atoms with E-state index in [0.29, 0.717) is 11.1 Å². The number of aliphatic hydroxyl groups is 1. The van der Waals surface area contributed by atoms with Gasteiger partial charge in [0.15, 0.2) is 0 Å². The molecule has 0 aliphatic heterocycles. The molecule has 1 unspecified atom stereocenters. The fraction of sp³-hybridized carbons (Fsp3) is 0.182. The van der Waals surface area contributed by atoms with Crippen LogP contribution < -0.4 is 5.56 Å². The van der Waals surface area contributed by atoms with E-state index in [1.165, 1.54) is 0 Å². The summed E-state index contributed by atoms with van der Waals surface area (Å²) in [6.45, 7) is 1.63. The number of aromatic amines is 1. The highest BCUT2D eigenvalue weighted by Gasteiger charge is 2.04. The third-order valence-electron chi connectivity index (χ3n) is 2.22. The number of hydrogen-bond acceptors (Lipinski definition) is 2. The van der Waals surface area contributed by atoms with Gasteiger partial charge < -0.3 is 10.1 Å². The molecule has 0 fully saturated rings. The van der Waals surface area contributed by atoms with E-state index in [0.717, 1.165) is 5.39 Å². The third kappa shape index (κ3) is 1.42. The zero-order valence-corrected chi connectivity index (χ0v) is 7.82. The van der Waals surface area contributed by atoms with Crippen molar-refractivity contribution in [2.75, 3.05) is 0 Å². The summed E-state index contributed by atoms with van der Waals surface area (Å²) >= 11 is 0. The molecule has 0 radical (unpaired) electrons. The van der Waals surface area contributed by atoms with E-state index in [9.17, 15) is 9.90 Å². The smallest absolute Gasteiger partial charge is 0.256 e. The molecule has 1 aromatic carbocycles. The topological polar surface area (TPSA) is 53.1 Å². The molecule has 0 aliphatic carbocycles. The van der Waals surface area contributed by atoms with E-state index < -0.39 is 6.10 Å². The standard InChI is InChI=1S/C11H11NO2/c1-7(13)10-6-8-4-2-3-5-9(8)11(14)12-10/h2-7,13H,1H3,(H,12,14). The number of hydrogen-bond donors (Lipinski definition) is 2. The van der Waals surface area contributed by atoms with Crippen LogP contribution in [-0.4, -0.2) is 10.1 Å². The highest BCUT2D eigenvalue weighted by Crippen LogP contribution is 2.14. The SMILES string of the molecule is CC(O)c1cc2ccccc2c(=O)[nH]1. The van der Waals surface area contributed by atoms with Crippen molar-refractivity contribution in [2.45, 2.75) is 13.0 Å². The maximum absolute atomic E-state index is 11.5. The van der Waals surface area contributed by atoms with Gasteiger partial charge >= 0.3 is 0 Å². The van der Waals surface area contributed by atoms with Gasteiger partial charge in [0.25, 0.3) is 5.56 Å². The van der Waals surface area contributed by atoms with Gasteiger partial charge in [0, 0.05) is 11.1 Å². The number of fused-ring (bicyclic) bond motifs is 1. The maximum atomic E-state index is 11.5. The second kappa shape index (κ2) is 3.27. The molecule has 2 aromatic rings. The minimum atomic E-state index is -0.646. The monoisotopic (exact) mass is 189 g/mol. The van der Waals surface area contributed by atoms with Gasteiger partial charge in [-0.3, -0.25) is 4.79 Å². The van der Waals surface area contributed by atoms with Crippen LogP contribution in [0.2, 0.25) is 0 Å². The van der Waals surface area contributed by atoms with E-state index >= 15 is 0 Å². The summed E-state index contributed by atoms with van der Waals surface area (Å²) in [5.41, 5.74) is 0.396. The Hall–Kier alpha value is -1.61. The van der Waals surface area contributed by atoms with Crippen LogP contribution in [0.1, 0.15) is 18.7 Å². The number of nitrogens with one attached hydrogen (secondary N) is 1. The number of rotatable bonds is 1. The van der Waals surface area contributed by atoms with Gasteiger partial charge in [-0.2, -0.15) is 0 Å². The third-order valence-corrected chi connectivity index (χ3v) is 2.22. The lowest BCUT2D eigenvalue weighted by Gasteiger charge is -2.05. The van der Waals surface area contributed by atoms with Gasteiger partial charge in [0.1, 0.15) is 0 Å². The summed E-state index contributed by atoms with van der Waals surface area (Å²) in [6, 6.07) is 9.10. The largest absolute Gasteiger partial charge is 0.387 e. The molecule has 0 aliphatic rings. The van der Waals surface area contributed by atoms with Gasteiger partial charge in [0.2, 0.25) is 0 Å². The van der Waals surface area contributed by atoms with E-state index in [1.54, 1.807) is 19.1 Å². The molecule has 14 heavy (non-hydrogen) atoms. The average molecular weight is 189 g/mol. The van der Waals surface area contributed by atoms with Gasteiger partial charge in [0.05, 0.1) is 6.10 Å². The van der Waals surface area contributed by atoms with Crippen LogP contribution in [0.3, 0.4) is 0 Å². The fourth-order valence-electron chi connectivity index (χ4n) is 1.46. The first-order valence-corrected chi connectivity index (χ1v) is 4.48. The maximum Gasteiger partial charge on any atom is 0.256 e. The normalized spacial score (nSPS) is 13.0. The number of aromatic nitrogens is 1. The zero-order valence-electron chi connectivity index (χ0n) is 7.82. The Morgan fingerprint density at radius 3 is 2.79 bits per heavy atom. The predicted molar refractivity (Wildman–Crippen MR) is 55.2 cm³/mol. The van der Waals surface area contributed by atoms with E-state index in [1.807, 2.05) is 18.2 Å². The van der Waals surface area contributed by atoms with Crippen LogP contribution in [-0.2, 0) is 0 Å². The number of H-pyrrole nitrogens is 1. The molecular weight excluding hydrogens is 178 g/mol. The first-order valence-electron chi connectivity index (χ1n) is 4.48. The van der Waals surface area contributed by atoms with E-state index in [4.69, 9.17) is 0 Å². The lowest BCUT2D eigenvalue weighted by molar-refractivity contribution is 0.194. The molecule has 2 N–H and O–H groups in total. The highest BCUT2D eigenvalue weighted by atomic mass is 16.3. The molecule has 0 amide bonds. The first-order chi connectivity index (χ1) is 6.68. The Bertz CT molecular complexity index is 514. The lowest BCUT2D eigenvalue weighted by Crippen LogP contribution is -2.10. The molecule has 3 heteroatoms. The Kier molecular flexibility index (Phi) is 2.09. The molecule has 0 saturated heterocycles. The van der Waals surface area contributed by atoms with Crippen LogP contribution in [0, 0.1) is 0 Å². The molecular formula is C11H11NO2. The Labute approximate surface area is 81.0 Å². The van der Waals surface area contributed by atoms with E-state index in [-0.39, 0.29) is 5.56 Å². The summed E-state index contributed by atoms with van der Waals surface area (Å²) in [5.74, 6) is 0. The molecule has 1 aromatic heterocycles. The van der Waals surface area contributed by atoms with Gasteiger partial charge in [-0.1, -0.05) is 18.2 Å². The van der Waals surface area contributed by atoms with Gasteiger partial charge in [-0.15, -0.1) is 0 Å². The number of pyridine rings is 1. The fourth-order valence-corrected chi connectivity index (χ4v) is 1.46. The Morgan fingerprint density at radius 2 is 2.07 bits per heavy atom. The molecule has 0 spiro atoms. The first kappa shape index (κ1) is 8.97. The molecule has 72 valence electrons. The second-order valence-electron chi connectivity index (χ2n) is 3.32. The van der Waals surface area contributed by atoms with Crippen LogP contribution in [0.15, 0.2) is 35.1 Å². The van der Waals surface area contributed by atoms with E-state index in [2.05, 4.69) is 4.98 Å². The van der Waals surface area contributed by atoms with Crippen molar-refractivity contribution in [1.82, 2.24) is 4.98 Å². The summed E-state index contributed by atoms with van der Waals surface area (Å²) in [7, 11) is 0. The zero-order chi connectivity index (χ0) is 10.1. The van der Waals surface area contributed by atoms with Crippen molar-refractivity contribution in [2.24, 2.45) is 0 Å². The molecule has 1 atom stereocenters. The van der Waals surface area contributed by atoms with Crippen LogP contribution in [0.25, 0.3) is 10.8 Å². The van der Waals surface area contributed by atoms with Crippen molar-refractivity contribution < 1.29 is 5.11 Å². The molecule has 1 heterocycles. The summed E-state index contributed by atoms with van der Waals surface area (Å²) < 4.78 is 0. The lowest BCUT2D eigenvalue weighted by atomic mass is 10.1. The van der Waals surface area contributed by atoms with Crippen molar-refractivity contribution >= 4 is 10.8 Å². The van der Waals surface area contributed by atoms with Crippen LogP contribution >= 0.6 is 0 Å². The van der Waals surface area contributed by atoms with Gasteiger partial charge in [-0.05, 0) is 24.4 Å². The molecule has 0 saturated carbocycles. The molecule has 3 nitrogen and oxygen atoms in total. The van der Waals surface area contributed by atoms with Crippen LogP contribution in [0.4, 0.5) is 0 Å². The van der Waals surface area contributed by atoms with Crippen LogP contribution in [0.5, 0.6) is 0 Å². The average Bonchev–Trinajstić information content (AvgIpc) is 2.17. The number of benzene rings is 1. The second-order valence-corrected chi connectivity index (χ2v) is 3.32. The highest BCUT2D eigenvalue weighted by molar-refractivity contribution is 5.81. The quantitative estimate of drug-likeness (QED) is 0.715.